The second-order valence-electron chi connectivity index (χ2n) is 5.39. The lowest BCUT2D eigenvalue weighted by Gasteiger charge is -2.13. The van der Waals surface area contributed by atoms with Crippen LogP contribution in [0.25, 0.3) is 11.1 Å². The molecule has 0 aliphatic heterocycles. The van der Waals surface area contributed by atoms with Gasteiger partial charge in [0.05, 0.1) is 18.4 Å². The second kappa shape index (κ2) is 5.28. The number of hydrogen-bond donors (Lipinski definition) is 0. The molecule has 0 bridgehead atoms. The number of rotatable bonds is 1. The number of esters is 1. The van der Waals surface area contributed by atoms with E-state index in [9.17, 15) is 4.79 Å². The lowest BCUT2D eigenvalue weighted by atomic mass is 9.95. The molecular formula is C17H18N2O2. The molecule has 0 fully saturated rings. The van der Waals surface area contributed by atoms with Crippen LogP contribution in [0.4, 0.5) is 0 Å². The second-order valence-corrected chi connectivity index (χ2v) is 5.39. The number of nitrogens with zero attached hydrogens (tertiary/aromatic N) is 2. The van der Waals surface area contributed by atoms with Gasteiger partial charge in [-0.3, -0.25) is 0 Å². The molecule has 0 atom stereocenters. The first-order valence-electron chi connectivity index (χ1n) is 7.16. The molecule has 108 valence electrons. The maximum atomic E-state index is 11.8. The number of carbonyl (C=O) groups is 1. The van der Waals surface area contributed by atoms with Crippen LogP contribution in [-0.4, -0.2) is 23.0 Å². The smallest absolute Gasteiger partial charge is 0.337 e. The van der Waals surface area contributed by atoms with E-state index in [4.69, 9.17) is 4.74 Å². The van der Waals surface area contributed by atoms with E-state index < -0.39 is 0 Å². The van der Waals surface area contributed by atoms with Crippen molar-refractivity contribution in [2.24, 2.45) is 0 Å². The number of ether oxygens (including phenoxy) is 1. The van der Waals surface area contributed by atoms with Crippen molar-refractivity contribution >= 4 is 5.97 Å². The highest BCUT2D eigenvalue weighted by atomic mass is 16.5. The van der Waals surface area contributed by atoms with E-state index in [1.807, 2.05) is 32.0 Å². The minimum Gasteiger partial charge on any atom is -0.465 e. The molecular weight excluding hydrogens is 264 g/mol. The summed E-state index contributed by atoms with van der Waals surface area (Å²) < 4.78 is 4.83. The van der Waals surface area contributed by atoms with Gasteiger partial charge in [0.15, 0.2) is 0 Å². The Hall–Kier alpha value is -2.23. The van der Waals surface area contributed by atoms with E-state index in [-0.39, 0.29) is 5.97 Å². The Balaban J connectivity index is 2.25. The Morgan fingerprint density at radius 3 is 2.76 bits per heavy atom. The molecule has 0 spiro atoms. The van der Waals surface area contributed by atoms with Crippen molar-refractivity contribution in [2.75, 3.05) is 7.11 Å². The Morgan fingerprint density at radius 1 is 1.19 bits per heavy atom. The highest BCUT2D eigenvalue weighted by Gasteiger charge is 2.20. The average molecular weight is 282 g/mol. The SMILES string of the molecule is COC(=O)c1ccc2c(c1)-c1c(C)nc(C)nc1CCC2. The summed E-state index contributed by atoms with van der Waals surface area (Å²) in [5.41, 5.74) is 6.03. The van der Waals surface area contributed by atoms with Crippen molar-refractivity contribution in [3.8, 4) is 11.1 Å². The van der Waals surface area contributed by atoms with Crippen LogP contribution < -0.4 is 0 Å². The average Bonchev–Trinajstić information content (AvgIpc) is 2.64. The Morgan fingerprint density at radius 2 is 2.00 bits per heavy atom. The van der Waals surface area contributed by atoms with Crippen molar-refractivity contribution in [2.45, 2.75) is 33.1 Å². The quantitative estimate of drug-likeness (QED) is 0.754. The number of aromatic nitrogens is 2. The number of hydrogen-bond acceptors (Lipinski definition) is 4. The molecule has 0 saturated carbocycles. The van der Waals surface area contributed by atoms with Crippen LogP contribution in [0, 0.1) is 13.8 Å². The summed E-state index contributed by atoms with van der Waals surface area (Å²) in [5.74, 6) is 0.494. The summed E-state index contributed by atoms with van der Waals surface area (Å²) in [7, 11) is 1.40. The Labute approximate surface area is 124 Å². The molecule has 21 heavy (non-hydrogen) atoms. The monoisotopic (exact) mass is 282 g/mol. The normalized spacial score (nSPS) is 13.1. The van der Waals surface area contributed by atoms with Crippen molar-refractivity contribution in [3.05, 3.63) is 46.5 Å². The van der Waals surface area contributed by atoms with Crippen molar-refractivity contribution < 1.29 is 9.53 Å². The molecule has 0 unspecified atom stereocenters. The molecule has 1 aromatic heterocycles. The zero-order valence-corrected chi connectivity index (χ0v) is 12.6. The van der Waals surface area contributed by atoms with Crippen molar-refractivity contribution in [3.63, 3.8) is 0 Å². The molecule has 4 heteroatoms. The van der Waals surface area contributed by atoms with E-state index in [1.165, 1.54) is 12.7 Å². The van der Waals surface area contributed by atoms with Crippen LogP contribution in [0.5, 0.6) is 0 Å². The summed E-state index contributed by atoms with van der Waals surface area (Å²) in [4.78, 5) is 20.9. The maximum Gasteiger partial charge on any atom is 0.337 e. The minimum atomic E-state index is -0.311. The van der Waals surface area contributed by atoms with Gasteiger partial charge in [-0.05, 0) is 56.4 Å². The summed E-state index contributed by atoms with van der Waals surface area (Å²) in [6.45, 7) is 3.93. The molecule has 1 heterocycles. The molecule has 1 aliphatic rings. The van der Waals surface area contributed by atoms with Crippen LogP contribution in [0.15, 0.2) is 18.2 Å². The highest BCUT2D eigenvalue weighted by molar-refractivity contribution is 5.91. The summed E-state index contributed by atoms with van der Waals surface area (Å²) >= 11 is 0. The van der Waals surface area contributed by atoms with Crippen LogP contribution in [-0.2, 0) is 17.6 Å². The zero-order valence-electron chi connectivity index (χ0n) is 12.6. The van der Waals surface area contributed by atoms with Gasteiger partial charge in [-0.2, -0.15) is 0 Å². The van der Waals surface area contributed by atoms with Gasteiger partial charge in [0.2, 0.25) is 0 Å². The topological polar surface area (TPSA) is 52.1 Å². The van der Waals surface area contributed by atoms with E-state index in [0.717, 1.165) is 47.6 Å². The number of methoxy groups -OCH3 is 1. The largest absolute Gasteiger partial charge is 0.465 e. The number of carbonyl (C=O) groups excluding carboxylic acids is 1. The molecule has 0 radical (unpaired) electrons. The van der Waals surface area contributed by atoms with Gasteiger partial charge in [0.25, 0.3) is 0 Å². The molecule has 0 N–H and O–H groups in total. The third kappa shape index (κ3) is 2.42. The summed E-state index contributed by atoms with van der Waals surface area (Å²) in [5, 5.41) is 0. The third-order valence-electron chi connectivity index (χ3n) is 3.94. The van der Waals surface area contributed by atoms with Crippen molar-refractivity contribution in [1.82, 2.24) is 9.97 Å². The molecule has 1 aliphatic carbocycles. The van der Waals surface area contributed by atoms with Gasteiger partial charge >= 0.3 is 5.97 Å². The number of aryl methyl sites for hydroxylation is 4. The first-order valence-corrected chi connectivity index (χ1v) is 7.16. The summed E-state index contributed by atoms with van der Waals surface area (Å²) in [6.07, 6.45) is 3.00. The first-order chi connectivity index (χ1) is 10.1. The molecule has 1 aromatic carbocycles. The van der Waals surface area contributed by atoms with Crippen LogP contribution in [0.3, 0.4) is 0 Å². The molecule has 2 aromatic rings. The number of fused-ring (bicyclic) bond motifs is 3. The predicted molar refractivity (Wildman–Crippen MR) is 80.3 cm³/mol. The highest BCUT2D eigenvalue weighted by Crippen LogP contribution is 2.34. The standard InChI is InChI=1S/C17H18N2O2/c1-10-16-14-9-13(17(20)21-3)8-7-12(14)5-4-6-15(16)19-11(2)18-10/h7-9H,4-6H2,1-3H3. The fourth-order valence-electron chi connectivity index (χ4n) is 3.03. The molecule has 3 rings (SSSR count). The van der Waals surface area contributed by atoms with E-state index in [2.05, 4.69) is 9.97 Å². The lowest BCUT2D eigenvalue weighted by molar-refractivity contribution is 0.0601. The Bertz CT molecular complexity index is 723. The van der Waals surface area contributed by atoms with Gasteiger partial charge in [-0.15, -0.1) is 0 Å². The fraction of sp³-hybridized carbons (Fsp3) is 0.353. The summed E-state index contributed by atoms with van der Waals surface area (Å²) in [6, 6.07) is 5.77. The fourth-order valence-corrected chi connectivity index (χ4v) is 3.03. The van der Waals surface area contributed by atoms with E-state index in [1.54, 1.807) is 0 Å². The van der Waals surface area contributed by atoms with Crippen LogP contribution >= 0.6 is 0 Å². The lowest BCUT2D eigenvalue weighted by Crippen LogP contribution is -2.04. The van der Waals surface area contributed by atoms with E-state index in [0.29, 0.717) is 5.56 Å². The van der Waals surface area contributed by atoms with Gasteiger partial charge in [0.1, 0.15) is 5.82 Å². The van der Waals surface area contributed by atoms with Gasteiger partial charge in [0, 0.05) is 11.3 Å². The Kier molecular flexibility index (Phi) is 3.45. The predicted octanol–water partition coefficient (Wildman–Crippen LogP) is 3.04. The maximum absolute atomic E-state index is 11.8. The van der Waals surface area contributed by atoms with Gasteiger partial charge in [-0.1, -0.05) is 6.07 Å². The van der Waals surface area contributed by atoms with Crippen molar-refractivity contribution in [1.29, 1.82) is 0 Å². The first kappa shape index (κ1) is 13.7. The zero-order chi connectivity index (χ0) is 15.0. The minimum absolute atomic E-state index is 0.311. The van der Waals surface area contributed by atoms with E-state index >= 15 is 0 Å². The number of benzene rings is 1. The third-order valence-corrected chi connectivity index (χ3v) is 3.94. The molecule has 0 saturated heterocycles. The van der Waals surface area contributed by atoms with Crippen LogP contribution in [0.2, 0.25) is 0 Å². The molecule has 0 amide bonds. The van der Waals surface area contributed by atoms with Gasteiger partial charge < -0.3 is 4.74 Å². The van der Waals surface area contributed by atoms with Crippen LogP contribution in [0.1, 0.15) is 39.6 Å². The molecule has 4 nitrogen and oxygen atoms in total. The van der Waals surface area contributed by atoms with Gasteiger partial charge in [-0.25, -0.2) is 14.8 Å².